The van der Waals surface area contributed by atoms with Crippen LogP contribution in [-0.4, -0.2) is 44.8 Å². The number of aromatic nitrogens is 2. The van der Waals surface area contributed by atoms with Gasteiger partial charge in [0.25, 0.3) is 0 Å². The van der Waals surface area contributed by atoms with Crippen molar-refractivity contribution in [2.45, 2.75) is 0 Å². The molecule has 0 saturated carbocycles. The van der Waals surface area contributed by atoms with Crippen molar-refractivity contribution in [2.75, 3.05) is 13.1 Å². The second kappa shape index (κ2) is 6.25. The molecule has 0 atom stereocenters. The summed E-state index contributed by atoms with van der Waals surface area (Å²) in [6.45, 7) is -0.455. The monoisotopic (exact) mass is 247 g/mol. The lowest BCUT2D eigenvalue weighted by molar-refractivity contribution is -0.142. The molecule has 0 unspecified atom stereocenters. The fourth-order valence-electron chi connectivity index (χ4n) is 1.28. The molecule has 0 fully saturated rings. The molecule has 94 valence electrons. The average molecular weight is 247 g/mol. The molecule has 0 spiro atoms. The van der Waals surface area contributed by atoms with Gasteiger partial charge in [-0.1, -0.05) is 5.92 Å². The van der Waals surface area contributed by atoms with E-state index in [2.05, 4.69) is 11.0 Å². The molecule has 6 heteroatoms. The van der Waals surface area contributed by atoms with E-state index in [0.29, 0.717) is 0 Å². The lowest BCUT2D eigenvalue weighted by atomic mass is 10.3. The summed E-state index contributed by atoms with van der Waals surface area (Å²) in [7, 11) is 1.76. The summed E-state index contributed by atoms with van der Waals surface area (Å²) in [5.41, 5.74) is 0.752. The standard InChI is InChI=1S/C12H13N3O3/c1-3-6-15(9-12(17)18)11(16)5-4-10-7-13-14(2)8-10/h1,4-5,7-8H,6,9H2,2H3,(H,17,18). The second-order valence-corrected chi connectivity index (χ2v) is 3.57. The Morgan fingerprint density at radius 2 is 2.39 bits per heavy atom. The van der Waals surface area contributed by atoms with Crippen molar-refractivity contribution < 1.29 is 14.7 Å². The number of terminal acetylenes is 1. The fourth-order valence-corrected chi connectivity index (χ4v) is 1.28. The first-order valence-corrected chi connectivity index (χ1v) is 5.14. The molecular weight excluding hydrogens is 234 g/mol. The number of rotatable bonds is 5. The summed E-state index contributed by atoms with van der Waals surface area (Å²) in [6.07, 6.45) is 11.2. The Labute approximate surface area is 105 Å². The van der Waals surface area contributed by atoms with Gasteiger partial charge in [0, 0.05) is 24.9 Å². The van der Waals surface area contributed by atoms with Gasteiger partial charge in [-0.05, 0) is 6.08 Å². The topological polar surface area (TPSA) is 75.4 Å². The minimum atomic E-state index is -1.10. The number of carbonyl (C=O) groups is 2. The Bertz CT molecular complexity index is 511. The Morgan fingerprint density at radius 3 is 2.89 bits per heavy atom. The quantitative estimate of drug-likeness (QED) is 0.586. The number of amides is 1. The van der Waals surface area contributed by atoms with E-state index in [1.807, 2.05) is 0 Å². The van der Waals surface area contributed by atoms with Gasteiger partial charge in [-0.2, -0.15) is 5.10 Å². The Kier molecular flexibility index (Phi) is 4.69. The molecule has 1 rings (SSSR count). The molecular formula is C12H13N3O3. The number of carboxylic acid groups (broad SMARTS) is 1. The molecule has 0 bridgehead atoms. The van der Waals surface area contributed by atoms with E-state index in [-0.39, 0.29) is 6.54 Å². The van der Waals surface area contributed by atoms with Crippen molar-refractivity contribution in [3.05, 3.63) is 24.0 Å². The van der Waals surface area contributed by atoms with Crippen LogP contribution in [0.25, 0.3) is 6.08 Å². The van der Waals surface area contributed by atoms with Crippen LogP contribution in [0.15, 0.2) is 18.5 Å². The maximum Gasteiger partial charge on any atom is 0.323 e. The summed E-state index contributed by atoms with van der Waals surface area (Å²) in [4.78, 5) is 23.3. The molecule has 0 aliphatic carbocycles. The van der Waals surface area contributed by atoms with Crippen LogP contribution in [0.3, 0.4) is 0 Å². The van der Waals surface area contributed by atoms with Gasteiger partial charge in [0.1, 0.15) is 6.54 Å². The minimum absolute atomic E-state index is 0.0392. The average Bonchev–Trinajstić information content (AvgIpc) is 2.71. The first kappa shape index (κ1) is 13.5. The summed E-state index contributed by atoms with van der Waals surface area (Å²) < 4.78 is 1.60. The van der Waals surface area contributed by atoms with Crippen LogP contribution in [0.1, 0.15) is 5.56 Å². The number of aryl methyl sites for hydroxylation is 1. The molecule has 1 N–H and O–H groups in total. The molecule has 1 aromatic rings. The number of nitrogens with zero attached hydrogens (tertiary/aromatic N) is 3. The Balaban J connectivity index is 2.69. The predicted molar refractivity (Wildman–Crippen MR) is 65.3 cm³/mol. The highest BCUT2D eigenvalue weighted by molar-refractivity contribution is 5.93. The van der Waals surface area contributed by atoms with Gasteiger partial charge in [0.05, 0.1) is 12.7 Å². The third kappa shape index (κ3) is 4.14. The summed E-state index contributed by atoms with van der Waals surface area (Å²) >= 11 is 0. The number of carboxylic acids is 1. The lowest BCUT2D eigenvalue weighted by Gasteiger charge is -2.15. The van der Waals surface area contributed by atoms with Crippen molar-refractivity contribution in [1.29, 1.82) is 0 Å². The third-order valence-corrected chi connectivity index (χ3v) is 2.06. The number of aliphatic carboxylic acids is 1. The fraction of sp³-hybridized carbons (Fsp3) is 0.250. The van der Waals surface area contributed by atoms with Gasteiger partial charge in [0.2, 0.25) is 5.91 Å². The lowest BCUT2D eigenvalue weighted by Crippen LogP contribution is -2.34. The van der Waals surface area contributed by atoms with Crippen LogP contribution in [0.4, 0.5) is 0 Å². The second-order valence-electron chi connectivity index (χ2n) is 3.57. The highest BCUT2D eigenvalue weighted by atomic mass is 16.4. The van der Waals surface area contributed by atoms with Crippen molar-refractivity contribution in [2.24, 2.45) is 7.05 Å². The summed E-state index contributed by atoms with van der Waals surface area (Å²) in [5, 5.41) is 12.6. The molecule has 0 aromatic carbocycles. The first-order chi connectivity index (χ1) is 8.52. The van der Waals surface area contributed by atoms with E-state index in [4.69, 9.17) is 11.5 Å². The minimum Gasteiger partial charge on any atom is -0.480 e. The molecule has 0 aliphatic rings. The van der Waals surface area contributed by atoms with Gasteiger partial charge in [0.15, 0.2) is 0 Å². The zero-order valence-corrected chi connectivity index (χ0v) is 9.91. The van der Waals surface area contributed by atoms with Crippen LogP contribution in [0.2, 0.25) is 0 Å². The van der Waals surface area contributed by atoms with Crippen LogP contribution < -0.4 is 0 Å². The third-order valence-electron chi connectivity index (χ3n) is 2.06. The van der Waals surface area contributed by atoms with Crippen molar-refractivity contribution in [1.82, 2.24) is 14.7 Å². The molecule has 0 saturated heterocycles. The van der Waals surface area contributed by atoms with Crippen molar-refractivity contribution in [3.63, 3.8) is 0 Å². The molecule has 0 radical (unpaired) electrons. The number of carbonyl (C=O) groups excluding carboxylic acids is 1. The van der Waals surface area contributed by atoms with Crippen LogP contribution in [0, 0.1) is 12.3 Å². The van der Waals surface area contributed by atoms with Crippen LogP contribution in [-0.2, 0) is 16.6 Å². The molecule has 0 aliphatic heterocycles. The molecule has 1 amide bonds. The number of hydrogen-bond acceptors (Lipinski definition) is 3. The van der Waals surface area contributed by atoms with E-state index in [1.165, 1.54) is 6.08 Å². The van der Waals surface area contributed by atoms with Crippen LogP contribution in [0.5, 0.6) is 0 Å². The van der Waals surface area contributed by atoms with E-state index in [9.17, 15) is 9.59 Å². The highest BCUT2D eigenvalue weighted by Crippen LogP contribution is 2.00. The van der Waals surface area contributed by atoms with E-state index in [1.54, 1.807) is 30.2 Å². The normalized spacial score (nSPS) is 10.2. The SMILES string of the molecule is C#CCN(CC(=O)O)C(=O)C=Cc1cnn(C)c1. The van der Waals surface area contributed by atoms with Gasteiger partial charge < -0.3 is 10.0 Å². The number of hydrogen-bond donors (Lipinski definition) is 1. The zero-order chi connectivity index (χ0) is 13.5. The Morgan fingerprint density at radius 1 is 1.67 bits per heavy atom. The highest BCUT2D eigenvalue weighted by Gasteiger charge is 2.12. The van der Waals surface area contributed by atoms with Gasteiger partial charge >= 0.3 is 5.97 Å². The van der Waals surface area contributed by atoms with Gasteiger partial charge in [-0.25, -0.2) is 0 Å². The summed E-state index contributed by atoms with van der Waals surface area (Å²) in [5.74, 6) is 0.699. The van der Waals surface area contributed by atoms with E-state index in [0.717, 1.165) is 10.5 Å². The van der Waals surface area contributed by atoms with E-state index < -0.39 is 18.4 Å². The van der Waals surface area contributed by atoms with E-state index >= 15 is 0 Å². The Hall–Kier alpha value is -2.55. The smallest absolute Gasteiger partial charge is 0.323 e. The maximum atomic E-state index is 11.7. The molecule has 18 heavy (non-hydrogen) atoms. The van der Waals surface area contributed by atoms with Gasteiger partial charge in [-0.15, -0.1) is 6.42 Å². The largest absolute Gasteiger partial charge is 0.480 e. The van der Waals surface area contributed by atoms with Gasteiger partial charge in [-0.3, -0.25) is 14.3 Å². The maximum absolute atomic E-state index is 11.7. The molecule has 6 nitrogen and oxygen atoms in total. The summed E-state index contributed by atoms with van der Waals surface area (Å²) in [6, 6.07) is 0. The molecule has 1 heterocycles. The first-order valence-electron chi connectivity index (χ1n) is 5.14. The molecule has 1 aromatic heterocycles. The zero-order valence-electron chi connectivity index (χ0n) is 9.91. The van der Waals surface area contributed by atoms with Crippen LogP contribution >= 0.6 is 0 Å². The van der Waals surface area contributed by atoms with Crippen molar-refractivity contribution >= 4 is 18.0 Å². The predicted octanol–water partition coefficient (Wildman–Crippen LogP) is -0.0203. The van der Waals surface area contributed by atoms with Crippen molar-refractivity contribution in [3.8, 4) is 12.3 Å².